The van der Waals surface area contributed by atoms with Gasteiger partial charge in [0.2, 0.25) is 5.78 Å². The molecule has 0 unspecified atom stereocenters. The van der Waals surface area contributed by atoms with Gasteiger partial charge in [0, 0.05) is 41.0 Å². The number of hydrogen-bond acceptors (Lipinski definition) is 10. The lowest BCUT2D eigenvalue weighted by Gasteiger charge is -2.33. The van der Waals surface area contributed by atoms with Crippen molar-refractivity contribution in [2.75, 3.05) is 21.3 Å². The summed E-state index contributed by atoms with van der Waals surface area (Å²) in [5.74, 6) is -2.85. The van der Waals surface area contributed by atoms with E-state index < -0.39 is 34.4 Å². The minimum Gasteiger partial charge on any atom is -0.507 e. The van der Waals surface area contributed by atoms with E-state index in [4.69, 9.17) is 14.2 Å². The van der Waals surface area contributed by atoms with Crippen LogP contribution in [0.2, 0.25) is 0 Å². The molecule has 0 saturated carbocycles. The molecule has 0 heterocycles. The Bertz CT molecular complexity index is 1950. The molecule has 43 heavy (non-hydrogen) atoms. The summed E-state index contributed by atoms with van der Waals surface area (Å²) in [6.45, 7) is 3.16. The fourth-order valence-corrected chi connectivity index (χ4v) is 6.42. The minimum absolute atomic E-state index is 0.00668. The molecule has 6 rings (SSSR count). The zero-order valence-electron chi connectivity index (χ0n) is 24.0. The van der Waals surface area contributed by atoms with Gasteiger partial charge in [0.15, 0.2) is 11.6 Å². The van der Waals surface area contributed by atoms with Gasteiger partial charge in [0.05, 0.1) is 54.6 Å². The number of aryl methyl sites for hydroxylation is 1. The van der Waals surface area contributed by atoms with Crippen molar-refractivity contribution in [3.63, 3.8) is 0 Å². The second-order valence-electron chi connectivity index (χ2n) is 11.2. The molecule has 0 aliphatic heterocycles. The van der Waals surface area contributed by atoms with Crippen molar-refractivity contribution >= 4 is 28.1 Å². The van der Waals surface area contributed by atoms with Gasteiger partial charge in [-0.25, -0.2) is 0 Å². The fourth-order valence-electron chi connectivity index (χ4n) is 6.42. The zero-order valence-corrected chi connectivity index (χ0v) is 24.0. The molecule has 0 aromatic heterocycles. The topological polar surface area (TPSA) is 160 Å². The Labute approximate surface area is 245 Å². The average molecular weight is 585 g/mol. The summed E-state index contributed by atoms with van der Waals surface area (Å²) in [6, 6.07) is 7.27. The summed E-state index contributed by atoms with van der Waals surface area (Å²) in [6.07, 6.45) is -0.380. The number of rotatable bonds is 4. The van der Waals surface area contributed by atoms with Gasteiger partial charge in [-0.3, -0.25) is 14.4 Å². The summed E-state index contributed by atoms with van der Waals surface area (Å²) in [5.41, 5.74) is -1.43. The predicted octanol–water partition coefficient (Wildman–Crippen LogP) is 4.61. The van der Waals surface area contributed by atoms with Gasteiger partial charge in [-0.15, -0.1) is 0 Å². The van der Waals surface area contributed by atoms with Crippen molar-refractivity contribution in [2.45, 2.75) is 32.3 Å². The third kappa shape index (κ3) is 3.94. The van der Waals surface area contributed by atoms with E-state index >= 15 is 0 Å². The van der Waals surface area contributed by atoms with Crippen LogP contribution in [-0.2, 0) is 6.42 Å². The highest BCUT2D eigenvalue weighted by atomic mass is 16.5. The van der Waals surface area contributed by atoms with E-state index in [1.807, 2.05) is 0 Å². The molecule has 220 valence electrons. The van der Waals surface area contributed by atoms with Gasteiger partial charge in [0.1, 0.15) is 34.5 Å². The van der Waals surface area contributed by atoms with Crippen LogP contribution in [0.25, 0.3) is 21.9 Å². The lowest BCUT2D eigenvalue weighted by atomic mass is 9.74. The second kappa shape index (κ2) is 9.47. The maximum atomic E-state index is 13.9. The zero-order chi connectivity index (χ0) is 31.1. The van der Waals surface area contributed by atoms with E-state index in [2.05, 4.69) is 0 Å². The van der Waals surface area contributed by atoms with Crippen molar-refractivity contribution in [3.05, 3.63) is 69.3 Å². The van der Waals surface area contributed by atoms with E-state index in [9.17, 15) is 34.8 Å². The second-order valence-corrected chi connectivity index (χ2v) is 11.2. The number of hydrogen-bond donors (Lipinski definition) is 4. The minimum atomic E-state index is -1.51. The molecule has 0 spiro atoms. The summed E-state index contributed by atoms with van der Waals surface area (Å²) in [5, 5.41) is 45.5. The molecule has 2 aliphatic rings. The number of methoxy groups -OCH3 is 3. The molecular weight excluding hydrogens is 556 g/mol. The van der Waals surface area contributed by atoms with Crippen LogP contribution in [-0.4, -0.2) is 64.7 Å². The number of phenols is 3. The number of ketones is 3. The van der Waals surface area contributed by atoms with E-state index in [0.29, 0.717) is 11.3 Å². The molecule has 0 radical (unpaired) electrons. The van der Waals surface area contributed by atoms with Gasteiger partial charge in [-0.2, -0.15) is 0 Å². The number of carbonyl (C=O) groups excluding carboxylic acids is 3. The molecule has 0 bridgehead atoms. The lowest BCUT2D eigenvalue weighted by molar-refractivity contribution is 0.0410. The van der Waals surface area contributed by atoms with E-state index in [0.717, 1.165) is 0 Å². The SMILES string of the molecule is COc1cc(OC)c2c(O)c3c(c(-c4c(OC)cc5c(c4O)C(=O)c4c(O)cc(C)cc4C5=O)c2c1)C[C@](C)(O)CC3=O. The van der Waals surface area contributed by atoms with E-state index in [1.54, 1.807) is 13.0 Å². The number of carbonyl (C=O) groups is 3. The van der Waals surface area contributed by atoms with Crippen LogP contribution in [0.15, 0.2) is 30.3 Å². The Kier molecular flexibility index (Phi) is 6.17. The number of ether oxygens (including phenoxy) is 3. The molecule has 10 nitrogen and oxygen atoms in total. The molecular formula is C33H28O10. The van der Waals surface area contributed by atoms with Crippen LogP contribution in [0.3, 0.4) is 0 Å². The Balaban J connectivity index is 1.81. The largest absolute Gasteiger partial charge is 0.507 e. The van der Waals surface area contributed by atoms with Crippen molar-refractivity contribution < 1.29 is 49.0 Å². The summed E-state index contributed by atoms with van der Waals surface area (Å²) in [4.78, 5) is 40.9. The highest BCUT2D eigenvalue weighted by Crippen LogP contribution is 2.55. The molecule has 0 amide bonds. The normalized spacial score (nSPS) is 17.4. The van der Waals surface area contributed by atoms with Crippen LogP contribution >= 0.6 is 0 Å². The number of aromatic hydroxyl groups is 3. The third-order valence-electron chi connectivity index (χ3n) is 8.20. The van der Waals surface area contributed by atoms with Crippen LogP contribution in [0.4, 0.5) is 0 Å². The maximum absolute atomic E-state index is 13.9. The van der Waals surface area contributed by atoms with Crippen molar-refractivity contribution in [2.24, 2.45) is 0 Å². The molecule has 2 aliphatic carbocycles. The predicted molar refractivity (Wildman–Crippen MR) is 155 cm³/mol. The van der Waals surface area contributed by atoms with Crippen molar-refractivity contribution in [1.29, 1.82) is 0 Å². The van der Waals surface area contributed by atoms with Crippen molar-refractivity contribution in [3.8, 4) is 45.6 Å². The maximum Gasteiger partial charge on any atom is 0.201 e. The first-order chi connectivity index (χ1) is 20.3. The summed E-state index contributed by atoms with van der Waals surface area (Å²) >= 11 is 0. The standard InChI is InChI=1S/C33H28O10/c1-13-6-16-24(19(34)7-13)31(38)27-17(29(16)36)10-22(43-5)28(32(27)39)23-15-8-14(41-3)9-21(42-4)26(15)30(37)25-18(23)11-33(2,40)12-20(25)35/h6-10,34,37,39-40H,11-12H2,1-5H3/t33-/m0/s1. The summed E-state index contributed by atoms with van der Waals surface area (Å²) < 4.78 is 16.7. The lowest BCUT2D eigenvalue weighted by Crippen LogP contribution is -2.36. The third-order valence-corrected chi connectivity index (χ3v) is 8.20. The van der Waals surface area contributed by atoms with Crippen LogP contribution < -0.4 is 14.2 Å². The Morgan fingerprint density at radius 1 is 0.698 bits per heavy atom. The van der Waals surface area contributed by atoms with E-state index in [1.165, 1.54) is 52.5 Å². The molecule has 0 saturated heterocycles. The van der Waals surface area contributed by atoms with Gasteiger partial charge < -0.3 is 34.6 Å². The smallest absolute Gasteiger partial charge is 0.201 e. The number of benzene rings is 4. The number of phenolic OH excluding ortho intramolecular Hbond substituents is 3. The molecule has 0 fully saturated rings. The van der Waals surface area contributed by atoms with Crippen LogP contribution in [0, 0.1) is 6.92 Å². The molecule has 1 atom stereocenters. The van der Waals surface area contributed by atoms with Gasteiger partial charge in [0.25, 0.3) is 0 Å². The molecule has 4 aromatic rings. The van der Waals surface area contributed by atoms with Gasteiger partial charge >= 0.3 is 0 Å². The van der Waals surface area contributed by atoms with Gasteiger partial charge in [-0.05, 0) is 49.2 Å². The number of aliphatic hydroxyl groups is 1. The molecule has 4 aromatic carbocycles. The molecule has 10 heteroatoms. The Morgan fingerprint density at radius 2 is 1.37 bits per heavy atom. The van der Waals surface area contributed by atoms with Crippen LogP contribution in [0.1, 0.15) is 66.7 Å². The van der Waals surface area contributed by atoms with Gasteiger partial charge in [-0.1, -0.05) is 0 Å². The monoisotopic (exact) mass is 584 g/mol. The van der Waals surface area contributed by atoms with Crippen molar-refractivity contribution in [1.82, 2.24) is 0 Å². The fraction of sp³-hybridized carbons (Fsp3) is 0.242. The number of fused-ring (bicyclic) bond motifs is 4. The highest BCUT2D eigenvalue weighted by molar-refractivity contribution is 6.31. The Hall–Kier alpha value is -5.09. The first-order valence-corrected chi connectivity index (χ1v) is 13.4. The average Bonchev–Trinajstić information content (AvgIpc) is 2.94. The first-order valence-electron chi connectivity index (χ1n) is 13.4. The highest BCUT2D eigenvalue weighted by Gasteiger charge is 2.42. The van der Waals surface area contributed by atoms with Crippen LogP contribution in [0.5, 0.6) is 34.5 Å². The molecule has 4 N–H and O–H groups in total. The Morgan fingerprint density at radius 3 is 2.02 bits per heavy atom. The number of Topliss-reactive ketones (excluding diaryl/α,β-unsaturated/α-hetero) is 1. The summed E-state index contributed by atoms with van der Waals surface area (Å²) in [7, 11) is 4.13. The first kappa shape index (κ1) is 28.0. The quantitative estimate of drug-likeness (QED) is 0.235. The van der Waals surface area contributed by atoms with E-state index in [-0.39, 0.29) is 85.4 Å².